The fourth-order valence-electron chi connectivity index (χ4n) is 3.57. The van der Waals surface area contributed by atoms with Gasteiger partial charge in [0, 0.05) is 38.8 Å². The Morgan fingerprint density at radius 2 is 2.00 bits per heavy atom. The van der Waals surface area contributed by atoms with Crippen LogP contribution in [0.3, 0.4) is 0 Å². The van der Waals surface area contributed by atoms with Gasteiger partial charge in [-0.25, -0.2) is 4.98 Å². The van der Waals surface area contributed by atoms with Crippen LogP contribution in [0.15, 0.2) is 11.0 Å². The molecule has 120 valence electrons. The van der Waals surface area contributed by atoms with Crippen molar-refractivity contribution in [2.24, 2.45) is 0 Å². The second-order valence-electron chi connectivity index (χ2n) is 6.48. The molecule has 0 unspecified atom stereocenters. The van der Waals surface area contributed by atoms with Gasteiger partial charge < -0.3 is 4.90 Å². The van der Waals surface area contributed by atoms with Crippen LogP contribution in [0.25, 0.3) is 15.8 Å². The second kappa shape index (κ2) is 5.30. The maximum absolute atomic E-state index is 13.0. The molecule has 0 N–H and O–H groups in total. The van der Waals surface area contributed by atoms with E-state index in [4.69, 9.17) is 4.98 Å². The average Bonchev–Trinajstić information content (AvgIpc) is 2.88. The van der Waals surface area contributed by atoms with Crippen LogP contribution in [-0.2, 0) is 13.0 Å². The van der Waals surface area contributed by atoms with Crippen molar-refractivity contribution in [1.82, 2.24) is 14.5 Å². The number of thiophene rings is 1. The van der Waals surface area contributed by atoms with Crippen LogP contribution in [-0.4, -0.2) is 34.3 Å². The molecule has 2 aromatic rings. The van der Waals surface area contributed by atoms with Crippen molar-refractivity contribution >= 4 is 32.9 Å². The first-order chi connectivity index (χ1) is 11.1. The quantitative estimate of drug-likeness (QED) is 0.807. The normalized spacial score (nSPS) is 19.0. The first-order valence-corrected chi connectivity index (χ1v) is 8.85. The molecule has 0 spiro atoms. The largest absolute Gasteiger partial charge is 0.383 e. The standard InChI is InChI=1S/C17H19N3O2S/c1-19(2)9-10-5-4-8-20-15(10)18-16-13(17(20)22)11-6-3-7-12(21)14(11)23-16/h9H,3-8H2,1-2H3/b10-9-. The van der Waals surface area contributed by atoms with E-state index in [2.05, 4.69) is 0 Å². The van der Waals surface area contributed by atoms with Gasteiger partial charge in [0.25, 0.3) is 5.56 Å². The van der Waals surface area contributed by atoms with Crippen LogP contribution in [0, 0.1) is 0 Å². The minimum Gasteiger partial charge on any atom is -0.383 e. The monoisotopic (exact) mass is 329 g/mol. The van der Waals surface area contributed by atoms with E-state index in [-0.39, 0.29) is 11.3 Å². The van der Waals surface area contributed by atoms with E-state index in [0.717, 1.165) is 52.4 Å². The highest BCUT2D eigenvalue weighted by Gasteiger charge is 2.27. The van der Waals surface area contributed by atoms with E-state index in [0.29, 0.717) is 18.4 Å². The summed E-state index contributed by atoms with van der Waals surface area (Å²) in [4.78, 5) is 33.4. The second-order valence-corrected chi connectivity index (χ2v) is 7.48. The van der Waals surface area contributed by atoms with Crippen LogP contribution < -0.4 is 5.56 Å². The predicted molar refractivity (Wildman–Crippen MR) is 92.0 cm³/mol. The van der Waals surface area contributed by atoms with Crippen molar-refractivity contribution in [2.75, 3.05) is 14.1 Å². The van der Waals surface area contributed by atoms with E-state index in [1.165, 1.54) is 11.3 Å². The number of allylic oxidation sites excluding steroid dienone is 1. The van der Waals surface area contributed by atoms with Gasteiger partial charge in [0.15, 0.2) is 5.78 Å². The molecule has 4 rings (SSSR count). The summed E-state index contributed by atoms with van der Waals surface area (Å²) in [5.74, 6) is 0.939. The SMILES string of the molecule is CN(C)/C=C1/CCCn2c1nc1sc3c(c1c2=O)CCCC3=O. The third-order valence-corrected chi connectivity index (χ3v) is 5.69. The van der Waals surface area contributed by atoms with Gasteiger partial charge in [-0.3, -0.25) is 14.2 Å². The number of Topliss-reactive ketones (excluding diaryl/α,β-unsaturated/α-hetero) is 1. The van der Waals surface area contributed by atoms with E-state index in [1.54, 1.807) is 4.57 Å². The summed E-state index contributed by atoms with van der Waals surface area (Å²) in [6, 6.07) is 0. The number of aryl methyl sites for hydroxylation is 1. The number of rotatable bonds is 1. The van der Waals surface area contributed by atoms with Crippen LogP contribution in [0.1, 0.15) is 46.7 Å². The zero-order valence-electron chi connectivity index (χ0n) is 13.4. The number of hydrogen-bond donors (Lipinski definition) is 0. The molecule has 0 bridgehead atoms. The molecule has 0 saturated carbocycles. The van der Waals surface area contributed by atoms with Gasteiger partial charge in [0.2, 0.25) is 0 Å². The van der Waals surface area contributed by atoms with Crippen LogP contribution in [0.5, 0.6) is 0 Å². The molecule has 5 nitrogen and oxygen atoms in total. The Balaban J connectivity index is 2.02. The summed E-state index contributed by atoms with van der Waals surface area (Å²) in [6.45, 7) is 0.709. The fraction of sp³-hybridized carbons (Fsp3) is 0.471. The fourth-order valence-corrected chi connectivity index (χ4v) is 4.75. The highest BCUT2D eigenvalue weighted by atomic mass is 32.1. The molecule has 2 aliphatic rings. The van der Waals surface area contributed by atoms with Gasteiger partial charge in [-0.05, 0) is 31.2 Å². The lowest BCUT2D eigenvalue weighted by molar-refractivity contribution is 0.0977. The molecule has 0 aromatic carbocycles. The van der Waals surface area contributed by atoms with Crippen molar-refractivity contribution in [2.45, 2.75) is 38.6 Å². The van der Waals surface area contributed by atoms with Gasteiger partial charge in [-0.1, -0.05) is 0 Å². The van der Waals surface area contributed by atoms with Gasteiger partial charge >= 0.3 is 0 Å². The maximum atomic E-state index is 13.0. The molecule has 0 atom stereocenters. The van der Waals surface area contributed by atoms with E-state index >= 15 is 0 Å². The van der Waals surface area contributed by atoms with Crippen molar-refractivity contribution in [3.8, 4) is 0 Å². The molecule has 1 aliphatic heterocycles. The molecule has 0 saturated heterocycles. The number of nitrogens with zero attached hydrogens (tertiary/aromatic N) is 3. The molecule has 1 aliphatic carbocycles. The van der Waals surface area contributed by atoms with Gasteiger partial charge in [0.05, 0.1) is 10.3 Å². The van der Waals surface area contributed by atoms with Crippen molar-refractivity contribution < 1.29 is 4.79 Å². The number of aromatic nitrogens is 2. The van der Waals surface area contributed by atoms with Crippen LogP contribution in [0.2, 0.25) is 0 Å². The molecule has 0 radical (unpaired) electrons. The summed E-state index contributed by atoms with van der Waals surface area (Å²) in [5.41, 5.74) is 2.07. The zero-order chi connectivity index (χ0) is 16.1. The van der Waals surface area contributed by atoms with E-state index in [1.807, 2.05) is 25.2 Å². The summed E-state index contributed by atoms with van der Waals surface area (Å²) < 4.78 is 1.80. The lowest BCUT2D eigenvalue weighted by atomic mass is 9.96. The number of carbonyl (C=O) groups is 1. The molecule has 3 heterocycles. The number of carbonyl (C=O) groups excluding carboxylic acids is 1. The molecule has 23 heavy (non-hydrogen) atoms. The molecular formula is C17H19N3O2S. The Morgan fingerprint density at radius 1 is 1.17 bits per heavy atom. The first kappa shape index (κ1) is 14.6. The van der Waals surface area contributed by atoms with Crippen LogP contribution in [0.4, 0.5) is 0 Å². The topological polar surface area (TPSA) is 55.2 Å². The zero-order valence-corrected chi connectivity index (χ0v) is 14.2. The maximum Gasteiger partial charge on any atom is 0.262 e. The van der Waals surface area contributed by atoms with E-state index in [9.17, 15) is 9.59 Å². The number of hydrogen-bond acceptors (Lipinski definition) is 5. The molecule has 0 amide bonds. The number of ketones is 1. The van der Waals surface area contributed by atoms with Gasteiger partial charge in [-0.15, -0.1) is 11.3 Å². The lowest BCUT2D eigenvalue weighted by Crippen LogP contribution is -2.28. The Bertz CT molecular complexity index is 905. The molecule has 6 heteroatoms. The lowest BCUT2D eigenvalue weighted by Gasteiger charge is -2.21. The Morgan fingerprint density at radius 3 is 2.78 bits per heavy atom. The average molecular weight is 329 g/mol. The van der Waals surface area contributed by atoms with Crippen molar-refractivity contribution in [3.63, 3.8) is 0 Å². The van der Waals surface area contributed by atoms with Gasteiger partial charge in [-0.2, -0.15) is 0 Å². The third-order valence-electron chi connectivity index (χ3n) is 4.52. The smallest absolute Gasteiger partial charge is 0.262 e. The number of fused-ring (bicyclic) bond motifs is 4. The van der Waals surface area contributed by atoms with Crippen molar-refractivity contribution in [3.05, 3.63) is 32.8 Å². The Hall–Kier alpha value is -1.95. The highest BCUT2D eigenvalue weighted by molar-refractivity contribution is 7.20. The minimum absolute atomic E-state index is 0.0292. The minimum atomic E-state index is 0.0292. The predicted octanol–water partition coefficient (Wildman–Crippen LogP) is 2.67. The molecular weight excluding hydrogens is 310 g/mol. The van der Waals surface area contributed by atoms with Gasteiger partial charge in [0.1, 0.15) is 10.7 Å². The third kappa shape index (κ3) is 2.24. The first-order valence-electron chi connectivity index (χ1n) is 8.03. The Labute approximate surface area is 138 Å². The summed E-state index contributed by atoms with van der Waals surface area (Å²) >= 11 is 1.40. The molecule has 2 aromatic heterocycles. The summed E-state index contributed by atoms with van der Waals surface area (Å²) in [7, 11) is 3.95. The van der Waals surface area contributed by atoms with E-state index < -0.39 is 0 Å². The summed E-state index contributed by atoms with van der Waals surface area (Å²) in [5, 5.41) is 0.688. The van der Waals surface area contributed by atoms with Crippen molar-refractivity contribution in [1.29, 1.82) is 0 Å². The van der Waals surface area contributed by atoms with Crippen LogP contribution >= 0.6 is 11.3 Å². The highest BCUT2D eigenvalue weighted by Crippen LogP contribution is 2.35. The Kier molecular flexibility index (Phi) is 3.37. The summed E-state index contributed by atoms with van der Waals surface area (Å²) in [6.07, 6.45) is 6.17. The molecule has 0 fully saturated rings.